The molecule has 2 aliphatic heterocycles. The molecule has 0 spiro atoms. The molecule has 2 fully saturated rings. The molecule has 0 N–H and O–H groups in total. The minimum absolute atomic E-state index is 0.0134. The van der Waals surface area contributed by atoms with Gasteiger partial charge in [-0.3, -0.25) is 4.79 Å². The van der Waals surface area contributed by atoms with Crippen molar-refractivity contribution in [3.63, 3.8) is 0 Å². The molecule has 2 bridgehead atoms. The van der Waals surface area contributed by atoms with Crippen molar-refractivity contribution < 1.29 is 14.3 Å². The van der Waals surface area contributed by atoms with Crippen molar-refractivity contribution in [1.82, 2.24) is 0 Å². The van der Waals surface area contributed by atoms with Gasteiger partial charge in [-0.15, -0.1) is 0 Å². The van der Waals surface area contributed by atoms with Crippen molar-refractivity contribution in [2.24, 2.45) is 5.41 Å². The zero-order chi connectivity index (χ0) is 13.5. The van der Waals surface area contributed by atoms with E-state index >= 15 is 0 Å². The number of rotatable bonds is 3. The van der Waals surface area contributed by atoms with Gasteiger partial charge in [-0.05, 0) is 5.56 Å². The number of hydrogen-bond donors (Lipinski definition) is 0. The largest absolute Gasteiger partial charge is 0.373 e. The van der Waals surface area contributed by atoms with Crippen LogP contribution in [-0.4, -0.2) is 24.1 Å². The van der Waals surface area contributed by atoms with Crippen LogP contribution in [0, 0.1) is 5.41 Å². The van der Waals surface area contributed by atoms with Gasteiger partial charge < -0.3 is 9.47 Å². The Morgan fingerprint density at radius 3 is 2.79 bits per heavy atom. The van der Waals surface area contributed by atoms with Gasteiger partial charge in [-0.25, -0.2) is 0 Å². The molecule has 0 aromatic heterocycles. The summed E-state index contributed by atoms with van der Waals surface area (Å²) >= 11 is 0. The molecule has 0 radical (unpaired) electrons. The van der Waals surface area contributed by atoms with Crippen molar-refractivity contribution in [2.45, 2.75) is 51.6 Å². The summed E-state index contributed by atoms with van der Waals surface area (Å²) < 4.78 is 11.9. The van der Waals surface area contributed by atoms with Gasteiger partial charge in [0, 0.05) is 18.3 Å². The number of benzene rings is 1. The standard InChI is InChI=1S/C16H20O3/c1-16(2)14(9-13-12(17)8-15(16)19-13)18-10-11-6-4-3-5-7-11/h3-7,13-15H,8-10H2,1-2H3/t13-,14-,15-/m1/s1. The van der Waals surface area contributed by atoms with Crippen molar-refractivity contribution in [2.75, 3.05) is 0 Å². The first-order chi connectivity index (χ1) is 9.07. The average molecular weight is 260 g/mol. The van der Waals surface area contributed by atoms with E-state index in [0.29, 0.717) is 19.4 Å². The van der Waals surface area contributed by atoms with Crippen LogP contribution in [0.1, 0.15) is 32.3 Å². The summed E-state index contributed by atoms with van der Waals surface area (Å²) in [6.45, 7) is 4.88. The van der Waals surface area contributed by atoms with Gasteiger partial charge in [-0.2, -0.15) is 0 Å². The molecule has 0 aliphatic carbocycles. The maximum atomic E-state index is 11.8. The van der Waals surface area contributed by atoms with Gasteiger partial charge in [0.05, 0.1) is 18.8 Å². The molecule has 3 atom stereocenters. The molecule has 0 saturated carbocycles. The van der Waals surface area contributed by atoms with E-state index in [-0.39, 0.29) is 29.5 Å². The van der Waals surface area contributed by atoms with E-state index in [1.807, 2.05) is 18.2 Å². The Hall–Kier alpha value is -1.19. The summed E-state index contributed by atoms with van der Waals surface area (Å²) in [7, 11) is 0. The average Bonchev–Trinajstić information content (AvgIpc) is 2.73. The molecule has 19 heavy (non-hydrogen) atoms. The molecular weight excluding hydrogens is 240 g/mol. The van der Waals surface area contributed by atoms with Crippen molar-refractivity contribution in [3.8, 4) is 0 Å². The third-order valence-electron chi connectivity index (χ3n) is 4.46. The highest BCUT2D eigenvalue weighted by Crippen LogP contribution is 2.44. The highest BCUT2D eigenvalue weighted by Gasteiger charge is 2.52. The molecule has 3 heteroatoms. The lowest BCUT2D eigenvalue weighted by atomic mass is 9.78. The number of ether oxygens (including phenoxy) is 2. The fourth-order valence-electron chi connectivity index (χ4n) is 3.02. The van der Waals surface area contributed by atoms with Gasteiger partial charge in [0.2, 0.25) is 0 Å². The van der Waals surface area contributed by atoms with Crippen LogP contribution in [-0.2, 0) is 20.9 Å². The maximum absolute atomic E-state index is 11.8. The number of fused-ring (bicyclic) bond motifs is 2. The fourth-order valence-corrected chi connectivity index (χ4v) is 3.02. The van der Waals surface area contributed by atoms with E-state index in [2.05, 4.69) is 26.0 Å². The highest BCUT2D eigenvalue weighted by molar-refractivity contribution is 5.85. The molecule has 2 aliphatic rings. The molecule has 1 aromatic rings. The highest BCUT2D eigenvalue weighted by atomic mass is 16.5. The van der Waals surface area contributed by atoms with Crippen LogP contribution in [0.4, 0.5) is 0 Å². The van der Waals surface area contributed by atoms with Crippen LogP contribution >= 0.6 is 0 Å². The number of hydrogen-bond acceptors (Lipinski definition) is 3. The van der Waals surface area contributed by atoms with E-state index in [1.54, 1.807) is 0 Å². The number of carbonyl (C=O) groups excluding carboxylic acids is 1. The Balaban J connectivity index is 1.69. The summed E-state index contributed by atoms with van der Waals surface area (Å²) in [5.74, 6) is 0.240. The third kappa shape index (κ3) is 2.33. The Morgan fingerprint density at radius 1 is 1.32 bits per heavy atom. The lowest BCUT2D eigenvalue weighted by molar-refractivity contribution is -0.167. The molecule has 2 heterocycles. The Labute approximate surface area is 113 Å². The minimum Gasteiger partial charge on any atom is -0.373 e. The Morgan fingerprint density at radius 2 is 2.05 bits per heavy atom. The summed E-state index contributed by atoms with van der Waals surface area (Å²) in [6, 6.07) is 10.2. The molecule has 1 aromatic carbocycles. The molecule has 3 rings (SSSR count). The molecule has 0 amide bonds. The fraction of sp³-hybridized carbons (Fsp3) is 0.562. The van der Waals surface area contributed by atoms with Crippen molar-refractivity contribution >= 4 is 5.78 Å². The lowest BCUT2D eigenvalue weighted by Crippen LogP contribution is -2.47. The van der Waals surface area contributed by atoms with Gasteiger partial charge in [0.15, 0.2) is 5.78 Å². The zero-order valence-electron chi connectivity index (χ0n) is 11.5. The van der Waals surface area contributed by atoms with Crippen molar-refractivity contribution in [3.05, 3.63) is 35.9 Å². The predicted molar refractivity (Wildman–Crippen MR) is 71.7 cm³/mol. The zero-order valence-corrected chi connectivity index (χ0v) is 11.5. The van der Waals surface area contributed by atoms with E-state index in [4.69, 9.17) is 9.47 Å². The number of Topliss-reactive ketones (excluding diaryl/α,β-unsaturated/α-hetero) is 1. The van der Waals surface area contributed by atoms with Crippen LogP contribution in [0.3, 0.4) is 0 Å². The second kappa shape index (κ2) is 4.73. The van der Waals surface area contributed by atoms with E-state index in [9.17, 15) is 4.79 Å². The summed E-state index contributed by atoms with van der Waals surface area (Å²) in [5, 5.41) is 0. The van der Waals surface area contributed by atoms with E-state index in [0.717, 1.165) is 0 Å². The molecule has 3 nitrogen and oxygen atoms in total. The van der Waals surface area contributed by atoms with E-state index < -0.39 is 0 Å². The van der Waals surface area contributed by atoms with Gasteiger partial charge >= 0.3 is 0 Å². The van der Waals surface area contributed by atoms with Gasteiger partial charge in [-0.1, -0.05) is 44.2 Å². The topological polar surface area (TPSA) is 35.5 Å². The lowest BCUT2D eigenvalue weighted by Gasteiger charge is -2.42. The summed E-state index contributed by atoms with van der Waals surface area (Å²) in [5.41, 5.74) is 1.07. The predicted octanol–water partition coefficient (Wildman–Crippen LogP) is 2.73. The first-order valence-corrected chi connectivity index (χ1v) is 6.91. The van der Waals surface area contributed by atoms with Crippen LogP contribution in [0.15, 0.2) is 30.3 Å². The third-order valence-corrected chi connectivity index (χ3v) is 4.46. The number of ketones is 1. The first kappa shape index (κ1) is 12.8. The normalized spacial score (nSPS) is 32.5. The van der Waals surface area contributed by atoms with Gasteiger partial charge in [0.1, 0.15) is 6.10 Å². The van der Waals surface area contributed by atoms with E-state index in [1.165, 1.54) is 5.56 Å². The smallest absolute Gasteiger partial charge is 0.164 e. The minimum atomic E-state index is -0.237. The Kier molecular flexibility index (Phi) is 3.19. The van der Waals surface area contributed by atoms with Crippen LogP contribution in [0.2, 0.25) is 0 Å². The van der Waals surface area contributed by atoms with Gasteiger partial charge in [0.25, 0.3) is 0 Å². The quantitative estimate of drug-likeness (QED) is 0.838. The van der Waals surface area contributed by atoms with Crippen molar-refractivity contribution in [1.29, 1.82) is 0 Å². The summed E-state index contributed by atoms with van der Waals surface area (Å²) in [6.07, 6.45) is 1.10. The second-order valence-corrected chi connectivity index (χ2v) is 6.13. The van der Waals surface area contributed by atoms with Crippen LogP contribution in [0.25, 0.3) is 0 Å². The van der Waals surface area contributed by atoms with Crippen LogP contribution < -0.4 is 0 Å². The monoisotopic (exact) mass is 260 g/mol. The molecule has 2 saturated heterocycles. The summed E-state index contributed by atoms with van der Waals surface area (Å²) in [4.78, 5) is 11.8. The van der Waals surface area contributed by atoms with Crippen LogP contribution in [0.5, 0.6) is 0 Å². The molecular formula is C16H20O3. The first-order valence-electron chi connectivity index (χ1n) is 6.91. The number of carbonyl (C=O) groups is 1. The molecule has 0 unspecified atom stereocenters. The Bertz CT molecular complexity index is 466. The SMILES string of the molecule is CC1(C)[C@H](OCc2ccccc2)C[C@H]2O[C@@H]1CC2=O. The molecule has 102 valence electrons. The maximum Gasteiger partial charge on any atom is 0.164 e. The second-order valence-electron chi connectivity index (χ2n) is 6.13.